The van der Waals surface area contributed by atoms with E-state index in [0.717, 1.165) is 0 Å². The van der Waals surface area contributed by atoms with Gasteiger partial charge in [-0.1, -0.05) is 6.92 Å². The lowest BCUT2D eigenvalue weighted by molar-refractivity contribution is -0.140. The molecule has 0 aromatic carbocycles. The van der Waals surface area contributed by atoms with E-state index in [0.29, 0.717) is 76.6 Å². The summed E-state index contributed by atoms with van der Waals surface area (Å²) in [4.78, 5) is 106. The second-order valence-electron chi connectivity index (χ2n) is 12.1. The first-order chi connectivity index (χ1) is 23.3. The fraction of sp³-hybridized carbons (Fsp3) is 0.815. The standard InChI is InChI=1S/C27H54N8O13P2/c1-3-31-8-10-32(12-13-34(19-26(40)41)15-14-33(11-9-31)18-25(38)39)17-24(37)30-22(27(42)28-2)6-4-5-7-29-23(36)16-35(20-49(43,44)45)21-50(46,47)48/h22H,3-21H2,1-2H3,(H,28,42)(H,29,36)(H,30,37)(H,38,39)(H,40,41)(H2,43,44,45)(H2,46,47,48)/t22-/m1/s1. The number of carboxylic acid groups (broad SMARTS) is 2. The Morgan fingerprint density at radius 1 is 0.700 bits per heavy atom. The molecular weight excluding hydrogens is 706 g/mol. The highest BCUT2D eigenvalue weighted by Gasteiger charge is 2.28. The van der Waals surface area contributed by atoms with Crippen LogP contribution in [-0.2, 0) is 33.1 Å². The Labute approximate surface area is 291 Å². The topological polar surface area (TPSA) is 293 Å². The van der Waals surface area contributed by atoms with Crippen LogP contribution in [0.2, 0.25) is 0 Å². The highest BCUT2D eigenvalue weighted by atomic mass is 31.2. The number of carbonyl (C=O) groups is 5. The highest BCUT2D eigenvalue weighted by Crippen LogP contribution is 2.40. The summed E-state index contributed by atoms with van der Waals surface area (Å²) in [6, 6.07) is -0.895. The molecule has 0 aliphatic carbocycles. The van der Waals surface area contributed by atoms with Gasteiger partial charge in [0, 0.05) is 66.0 Å². The van der Waals surface area contributed by atoms with Gasteiger partial charge in [-0.3, -0.25) is 52.7 Å². The summed E-state index contributed by atoms with van der Waals surface area (Å²) in [6.45, 7) is 5.09. The average Bonchev–Trinajstić information content (AvgIpc) is 2.97. The van der Waals surface area contributed by atoms with Crippen LogP contribution in [-0.4, -0.2) is 201 Å². The lowest BCUT2D eigenvalue weighted by Crippen LogP contribution is -2.51. The third kappa shape index (κ3) is 22.3. The SMILES string of the molecule is CCN1CCN(CC(=O)O)CCN(CC(=O)O)CCN(CC(=O)N[C@H](CCCCNC(=O)CN(CP(=O)(O)O)CP(=O)(O)O)C(=O)NC)CC1. The monoisotopic (exact) mass is 760 g/mol. The average molecular weight is 761 g/mol. The van der Waals surface area contributed by atoms with Crippen molar-refractivity contribution in [2.45, 2.75) is 32.2 Å². The second kappa shape index (κ2) is 23.1. The first-order valence-electron chi connectivity index (χ1n) is 16.2. The van der Waals surface area contributed by atoms with Crippen LogP contribution in [0.1, 0.15) is 26.2 Å². The predicted molar refractivity (Wildman–Crippen MR) is 180 cm³/mol. The Balaban J connectivity index is 2.77. The molecular formula is C27H54N8O13P2. The summed E-state index contributed by atoms with van der Waals surface area (Å²) >= 11 is 0. The van der Waals surface area contributed by atoms with Crippen LogP contribution in [0, 0.1) is 0 Å². The number of likely N-dealkylation sites (N-methyl/N-ethyl adjacent to an activating group) is 2. The fourth-order valence-electron chi connectivity index (χ4n) is 5.26. The maximum Gasteiger partial charge on any atom is 0.339 e. The van der Waals surface area contributed by atoms with Gasteiger partial charge in [-0.2, -0.15) is 0 Å². The first-order valence-corrected chi connectivity index (χ1v) is 19.8. The van der Waals surface area contributed by atoms with Crippen molar-refractivity contribution in [1.82, 2.24) is 40.4 Å². The molecule has 0 bridgehead atoms. The number of unbranched alkanes of at least 4 members (excludes halogenated alkanes) is 1. The molecule has 9 N–H and O–H groups in total. The minimum absolute atomic E-state index is 0.0626. The first kappa shape index (κ1) is 45.5. The Kier molecular flexibility index (Phi) is 21.0. The maximum atomic E-state index is 13.2. The van der Waals surface area contributed by atoms with Crippen molar-refractivity contribution in [3.8, 4) is 0 Å². The largest absolute Gasteiger partial charge is 0.480 e. The molecule has 0 saturated carbocycles. The fourth-order valence-corrected chi connectivity index (χ4v) is 6.86. The second-order valence-corrected chi connectivity index (χ2v) is 15.3. The van der Waals surface area contributed by atoms with E-state index in [1.54, 1.807) is 9.80 Å². The molecule has 0 aromatic heterocycles. The number of carboxylic acids is 2. The molecule has 1 heterocycles. The van der Waals surface area contributed by atoms with Gasteiger partial charge in [-0.05, 0) is 25.8 Å². The summed E-state index contributed by atoms with van der Waals surface area (Å²) in [5.41, 5.74) is 0. The van der Waals surface area contributed by atoms with E-state index in [9.17, 15) is 43.3 Å². The van der Waals surface area contributed by atoms with Crippen LogP contribution in [0.15, 0.2) is 0 Å². The third-order valence-electron chi connectivity index (χ3n) is 7.74. The number of hydrogen-bond acceptors (Lipinski definition) is 12. The van der Waals surface area contributed by atoms with Crippen molar-refractivity contribution >= 4 is 44.9 Å². The van der Waals surface area contributed by atoms with Crippen molar-refractivity contribution in [3.05, 3.63) is 0 Å². The van der Waals surface area contributed by atoms with Gasteiger partial charge in [0.25, 0.3) is 0 Å². The van der Waals surface area contributed by atoms with Crippen LogP contribution in [0.4, 0.5) is 0 Å². The molecule has 0 aromatic rings. The molecule has 0 radical (unpaired) electrons. The molecule has 1 atom stereocenters. The molecule has 1 aliphatic heterocycles. The van der Waals surface area contributed by atoms with E-state index in [1.807, 2.05) is 11.8 Å². The molecule has 1 rings (SSSR count). The van der Waals surface area contributed by atoms with Crippen molar-refractivity contribution < 1.29 is 62.9 Å². The predicted octanol–water partition coefficient (Wildman–Crippen LogP) is -3.51. The van der Waals surface area contributed by atoms with Gasteiger partial charge in [-0.25, -0.2) is 0 Å². The molecule has 1 fully saturated rings. The minimum atomic E-state index is -4.69. The molecule has 290 valence electrons. The van der Waals surface area contributed by atoms with Gasteiger partial charge in [0.05, 0.1) is 26.2 Å². The quantitative estimate of drug-likeness (QED) is 0.0429. The van der Waals surface area contributed by atoms with Gasteiger partial charge in [0.1, 0.15) is 18.6 Å². The lowest BCUT2D eigenvalue weighted by atomic mass is 10.1. The van der Waals surface area contributed by atoms with Crippen LogP contribution in [0.25, 0.3) is 0 Å². The van der Waals surface area contributed by atoms with Crippen LogP contribution >= 0.6 is 15.2 Å². The zero-order chi connectivity index (χ0) is 37.9. The normalized spacial score (nSPS) is 17.3. The van der Waals surface area contributed by atoms with Gasteiger partial charge in [0.15, 0.2) is 0 Å². The smallest absolute Gasteiger partial charge is 0.339 e. The lowest BCUT2D eigenvalue weighted by Gasteiger charge is -2.33. The summed E-state index contributed by atoms with van der Waals surface area (Å²) in [5.74, 6) is -3.56. The van der Waals surface area contributed by atoms with E-state index >= 15 is 0 Å². The Hall–Kier alpha value is -2.55. The Morgan fingerprint density at radius 3 is 1.54 bits per heavy atom. The van der Waals surface area contributed by atoms with Crippen molar-refractivity contribution in [3.63, 3.8) is 0 Å². The Morgan fingerprint density at radius 2 is 1.14 bits per heavy atom. The number of hydrogen-bond donors (Lipinski definition) is 9. The maximum absolute atomic E-state index is 13.2. The number of amides is 3. The van der Waals surface area contributed by atoms with Gasteiger partial charge >= 0.3 is 27.1 Å². The minimum Gasteiger partial charge on any atom is -0.480 e. The Bertz CT molecular complexity index is 1180. The molecule has 1 aliphatic rings. The molecule has 0 spiro atoms. The summed E-state index contributed by atoms with van der Waals surface area (Å²) in [7, 11) is -7.96. The van der Waals surface area contributed by atoms with Crippen molar-refractivity contribution in [2.75, 3.05) is 111 Å². The molecule has 1 saturated heterocycles. The van der Waals surface area contributed by atoms with Crippen molar-refractivity contribution in [1.29, 1.82) is 0 Å². The zero-order valence-electron chi connectivity index (χ0n) is 28.7. The summed E-state index contributed by atoms with van der Waals surface area (Å²) in [5, 5.41) is 26.5. The number of rotatable bonds is 20. The van der Waals surface area contributed by atoms with Crippen LogP contribution < -0.4 is 16.0 Å². The van der Waals surface area contributed by atoms with E-state index in [1.165, 1.54) is 7.05 Å². The van der Waals surface area contributed by atoms with E-state index in [-0.39, 0.29) is 32.6 Å². The molecule has 23 heteroatoms. The van der Waals surface area contributed by atoms with Crippen LogP contribution in [0.3, 0.4) is 0 Å². The highest BCUT2D eigenvalue weighted by molar-refractivity contribution is 7.52. The van der Waals surface area contributed by atoms with E-state index in [2.05, 4.69) is 20.9 Å². The molecule has 3 amide bonds. The van der Waals surface area contributed by atoms with Gasteiger partial charge in [0.2, 0.25) is 17.7 Å². The van der Waals surface area contributed by atoms with Crippen molar-refractivity contribution in [2.24, 2.45) is 0 Å². The van der Waals surface area contributed by atoms with E-state index in [4.69, 9.17) is 19.6 Å². The number of nitrogens with zero attached hydrogens (tertiary/aromatic N) is 5. The molecule has 0 unspecified atom stereocenters. The summed E-state index contributed by atoms with van der Waals surface area (Å²) in [6.07, 6.45) is -1.07. The van der Waals surface area contributed by atoms with Gasteiger partial charge < -0.3 is 50.6 Å². The van der Waals surface area contributed by atoms with Gasteiger partial charge in [-0.15, -0.1) is 0 Å². The summed E-state index contributed by atoms with van der Waals surface area (Å²) < 4.78 is 22.6. The van der Waals surface area contributed by atoms with Crippen LogP contribution in [0.5, 0.6) is 0 Å². The number of nitrogens with one attached hydrogen (secondary N) is 3. The third-order valence-corrected chi connectivity index (χ3v) is 9.27. The zero-order valence-corrected chi connectivity index (χ0v) is 30.5. The molecule has 50 heavy (non-hydrogen) atoms. The number of aliphatic carboxylic acids is 2. The number of carbonyl (C=O) groups excluding carboxylic acids is 3. The van der Waals surface area contributed by atoms with E-state index < -0.39 is 70.0 Å². The molecule has 21 nitrogen and oxygen atoms in total.